The fraction of sp³-hybridized carbons (Fsp3) is 0.857. The van der Waals surface area contributed by atoms with Crippen molar-refractivity contribution in [3.8, 4) is 0 Å². The SMILES string of the molecule is O=C(C1CC1)N1CCCCCC1C1CCN(Cc2nc(C3CC3)no2)CC1. The lowest BCUT2D eigenvalue weighted by molar-refractivity contribution is -0.136. The van der Waals surface area contributed by atoms with Crippen LogP contribution in [0.1, 0.15) is 81.8 Å². The summed E-state index contributed by atoms with van der Waals surface area (Å²) >= 11 is 0. The molecule has 4 fully saturated rings. The van der Waals surface area contributed by atoms with Gasteiger partial charge in [-0.1, -0.05) is 18.0 Å². The van der Waals surface area contributed by atoms with Gasteiger partial charge in [0.05, 0.1) is 6.54 Å². The largest absolute Gasteiger partial charge is 0.339 e. The van der Waals surface area contributed by atoms with E-state index in [-0.39, 0.29) is 0 Å². The van der Waals surface area contributed by atoms with Gasteiger partial charge in [-0.3, -0.25) is 9.69 Å². The molecule has 1 amide bonds. The van der Waals surface area contributed by atoms with Crippen molar-refractivity contribution in [3.05, 3.63) is 11.7 Å². The lowest BCUT2D eigenvalue weighted by atomic mass is 9.86. The second kappa shape index (κ2) is 7.53. The van der Waals surface area contributed by atoms with Gasteiger partial charge in [0.15, 0.2) is 5.82 Å². The lowest BCUT2D eigenvalue weighted by Gasteiger charge is -2.40. The molecule has 27 heavy (non-hydrogen) atoms. The number of aromatic nitrogens is 2. The van der Waals surface area contributed by atoms with E-state index < -0.39 is 0 Å². The predicted octanol–water partition coefficient (Wildman–Crippen LogP) is 3.34. The zero-order valence-electron chi connectivity index (χ0n) is 16.3. The molecule has 1 aromatic heterocycles. The van der Waals surface area contributed by atoms with Gasteiger partial charge in [0.1, 0.15) is 0 Å². The van der Waals surface area contributed by atoms with Crippen LogP contribution in [-0.4, -0.2) is 51.5 Å². The molecule has 0 aromatic carbocycles. The van der Waals surface area contributed by atoms with E-state index in [0.29, 0.717) is 29.7 Å². The summed E-state index contributed by atoms with van der Waals surface area (Å²) in [6.07, 6.45) is 12.0. The zero-order valence-corrected chi connectivity index (χ0v) is 16.3. The third-order valence-corrected chi connectivity index (χ3v) is 6.97. The Bertz CT molecular complexity index is 659. The highest BCUT2D eigenvalue weighted by atomic mass is 16.5. The van der Waals surface area contributed by atoms with Gasteiger partial charge < -0.3 is 9.42 Å². The highest BCUT2D eigenvalue weighted by molar-refractivity contribution is 5.81. The maximum atomic E-state index is 12.8. The first-order chi connectivity index (χ1) is 13.3. The Morgan fingerprint density at radius 1 is 0.963 bits per heavy atom. The molecule has 4 aliphatic rings. The molecule has 2 aliphatic heterocycles. The Balaban J connectivity index is 1.17. The quantitative estimate of drug-likeness (QED) is 0.793. The summed E-state index contributed by atoms with van der Waals surface area (Å²) in [6, 6.07) is 0.479. The molecule has 0 spiro atoms. The number of hydrogen-bond donors (Lipinski definition) is 0. The summed E-state index contributed by atoms with van der Waals surface area (Å²) < 4.78 is 5.45. The van der Waals surface area contributed by atoms with E-state index in [1.165, 1.54) is 51.4 Å². The smallest absolute Gasteiger partial charge is 0.240 e. The van der Waals surface area contributed by atoms with E-state index in [1.54, 1.807) is 0 Å². The van der Waals surface area contributed by atoms with Crippen molar-refractivity contribution in [2.75, 3.05) is 19.6 Å². The molecule has 5 rings (SSSR count). The molecular weight excluding hydrogens is 340 g/mol. The molecule has 148 valence electrons. The van der Waals surface area contributed by atoms with Crippen LogP contribution < -0.4 is 0 Å². The molecule has 3 heterocycles. The molecule has 6 nitrogen and oxygen atoms in total. The van der Waals surface area contributed by atoms with Gasteiger partial charge in [-0.2, -0.15) is 4.98 Å². The third kappa shape index (κ3) is 4.05. The van der Waals surface area contributed by atoms with Crippen LogP contribution in [0, 0.1) is 11.8 Å². The fourth-order valence-electron chi connectivity index (χ4n) is 4.99. The summed E-state index contributed by atoms with van der Waals surface area (Å²) in [5.74, 6) is 3.71. The van der Waals surface area contributed by atoms with Crippen LogP contribution in [0.25, 0.3) is 0 Å². The number of rotatable bonds is 5. The van der Waals surface area contributed by atoms with Crippen LogP contribution in [0.4, 0.5) is 0 Å². The van der Waals surface area contributed by atoms with Crippen molar-refractivity contribution in [2.45, 2.75) is 82.7 Å². The number of carbonyl (C=O) groups excluding carboxylic acids is 1. The molecule has 1 unspecified atom stereocenters. The van der Waals surface area contributed by atoms with Crippen molar-refractivity contribution < 1.29 is 9.32 Å². The average molecular weight is 373 g/mol. The maximum Gasteiger partial charge on any atom is 0.240 e. The van der Waals surface area contributed by atoms with Crippen LogP contribution in [0.5, 0.6) is 0 Å². The molecule has 0 radical (unpaired) electrons. The number of nitrogens with zero attached hydrogens (tertiary/aromatic N) is 4. The average Bonchev–Trinajstić information content (AvgIpc) is 3.59. The number of amides is 1. The second-order valence-corrected chi connectivity index (χ2v) is 9.16. The summed E-state index contributed by atoms with van der Waals surface area (Å²) in [4.78, 5) is 22.1. The van der Waals surface area contributed by atoms with Gasteiger partial charge in [-0.05, 0) is 70.4 Å². The van der Waals surface area contributed by atoms with Crippen molar-refractivity contribution in [2.24, 2.45) is 11.8 Å². The van der Waals surface area contributed by atoms with Crippen LogP contribution >= 0.6 is 0 Å². The number of hydrogen-bond acceptors (Lipinski definition) is 5. The van der Waals surface area contributed by atoms with E-state index in [0.717, 1.165) is 50.7 Å². The molecule has 1 atom stereocenters. The summed E-state index contributed by atoms with van der Waals surface area (Å²) in [5, 5.41) is 4.14. The number of carbonyl (C=O) groups is 1. The minimum atomic E-state index is 0.351. The molecule has 2 aliphatic carbocycles. The van der Waals surface area contributed by atoms with Crippen LogP contribution in [0.3, 0.4) is 0 Å². The highest BCUT2D eigenvalue weighted by Gasteiger charge is 2.40. The first-order valence-corrected chi connectivity index (χ1v) is 11.1. The molecule has 2 saturated carbocycles. The zero-order chi connectivity index (χ0) is 18.2. The van der Waals surface area contributed by atoms with Crippen molar-refractivity contribution in [1.29, 1.82) is 0 Å². The van der Waals surface area contributed by atoms with Crippen LogP contribution in [0.2, 0.25) is 0 Å². The van der Waals surface area contributed by atoms with Gasteiger partial charge >= 0.3 is 0 Å². The Kier molecular flexibility index (Phi) is 4.92. The topological polar surface area (TPSA) is 62.5 Å². The minimum Gasteiger partial charge on any atom is -0.339 e. The van der Waals surface area contributed by atoms with E-state index in [9.17, 15) is 4.79 Å². The monoisotopic (exact) mass is 372 g/mol. The Morgan fingerprint density at radius 2 is 1.78 bits per heavy atom. The van der Waals surface area contributed by atoms with E-state index in [4.69, 9.17) is 4.52 Å². The Labute approximate surface area is 161 Å². The van der Waals surface area contributed by atoms with Crippen molar-refractivity contribution >= 4 is 5.91 Å². The van der Waals surface area contributed by atoms with E-state index in [2.05, 4.69) is 19.9 Å². The van der Waals surface area contributed by atoms with Gasteiger partial charge in [-0.15, -0.1) is 0 Å². The molecular formula is C21H32N4O2. The normalized spacial score (nSPS) is 28.3. The fourth-order valence-corrected chi connectivity index (χ4v) is 4.99. The van der Waals surface area contributed by atoms with Gasteiger partial charge in [-0.25, -0.2) is 0 Å². The number of piperidine rings is 1. The van der Waals surface area contributed by atoms with Gasteiger partial charge in [0.2, 0.25) is 11.8 Å². The van der Waals surface area contributed by atoms with Crippen molar-refractivity contribution in [1.82, 2.24) is 19.9 Å². The first kappa shape index (κ1) is 17.7. The summed E-state index contributed by atoms with van der Waals surface area (Å²) in [5.41, 5.74) is 0. The van der Waals surface area contributed by atoms with Crippen molar-refractivity contribution in [3.63, 3.8) is 0 Å². The molecule has 0 N–H and O–H groups in total. The maximum absolute atomic E-state index is 12.8. The molecule has 2 saturated heterocycles. The van der Waals surface area contributed by atoms with Gasteiger partial charge in [0.25, 0.3) is 0 Å². The predicted molar refractivity (Wildman–Crippen MR) is 101 cm³/mol. The Morgan fingerprint density at radius 3 is 2.52 bits per heavy atom. The molecule has 0 bridgehead atoms. The third-order valence-electron chi connectivity index (χ3n) is 6.97. The molecule has 1 aromatic rings. The molecule has 6 heteroatoms. The number of likely N-dealkylation sites (tertiary alicyclic amines) is 2. The van der Waals surface area contributed by atoms with Crippen LogP contribution in [-0.2, 0) is 11.3 Å². The highest BCUT2D eigenvalue weighted by Crippen LogP contribution is 2.38. The minimum absolute atomic E-state index is 0.351. The van der Waals surface area contributed by atoms with E-state index >= 15 is 0 Å². The first-order valence-electron chi connectivity index (χ1n) is 11.1. The standard InChI is InChI=1S/C21H32N4O2/c26-21(17-7-8-17)25-11-3-1-2-4-18(25)15-9-12-24(13-10-15)14-19-22-20(23-27-19)16-5-6-16/h15-18H,1-14H2. The second-order valence-electron chi connectivity index (χ2n) is 9.16. The summed E-state index contributed by atoms with van der Waals surface area (Å²) in [6.45, 7) is 3.93. The lowest BCUT2D eigenvalue weighted by Crippen LogP contribution is -2.48. The summed E-state index contributed by atoms with van der Waals surface area (Å²) in [7, 11) is 0. The van der Waals surface area contributed by atoms with Crippen LogP contribution in [0.15, 0.2) is 4.52 Å². The van der Waals surface area contributed by atoms with Gasteiger partial charge in [0, 0.05) is 24.4 Å². The van der Waals surface area contributed by atoms with E-state index in [1.807, 2.05) is 0 Å². The Hall–Kier alpha value is -1.43.